The van der Waals surface area contributed by atoms with Crippen LogP contribution in [-0.4, -0.2) is 34.4 Å². The summed E-state index contributed by atoms with van der Waals surface area (Å²) in [5.74, 6) is 0.744. The lowest BCUT2D eigenvalue weighted by molar-refractivity contribution is -0.122. The van der Waals surface area contributed by atoms with E-state index in [1.165, 1.54) is 10.4 Å². The summed E-state index contributed by atoms with van der Waals surface area (Å²) in [4.78, 5) is 35.4. The van der Waals surface area contributed by atoms with E-state index in [1.54, 1.807) is 17.7 Å². The Morgan fingerprint density at radius 3 is 2.84 bits per heavy atom. The third-order valence-electron chi connectivity index (χ3n) is 5.67. The number of nitrogens with zero attached hydrogens (tertiary/aromatic N) is 2. The van der Waals surface area contributed by atoms with Gasteiger partial charge in [-0.15, -0.1) is 11.3 Å². The van der Waals surface area contributed by atoms with Gasteiger partial charge in [-0.3, -0.25) is 9.59 Å². The van der Waals surface area contributed by atoms with Gasteiger partial charge in [0.25, 0.3) is 0 Å². The number of rotatable bonds is 8. The van der Waals surface area contributed by atoms with E-state index in [9.17, 15) is 9.59 Å². The molecule has 1 aromatic carbocycles. The molecule has 2 atom stereocenters. The molecular weight excluding hydrogens is 410 g/mol. The van der Waals surface area contributed by atoms with Crippen molar-refractivity contribution < 1.29 is 9.59 Å². The van der Waals surface area contributed by atoms with Crippen LogP contribution in [0, 0.1) is 5.92 Å². The molecule has 8 heteroatoms. The number of anilines is 1. The summed E-state index contributed by atoms with van der Waals surface area (Å²) in [5.41, 5.74) is 7.56. The van der Waals surface area contributed by atoms with Gasteiger partial charge < -0.3 is 16.4 Å². The van der Waals surface area contributed by atoms with Crippen LogP contribution in [0.15, 0.2) is 36.7 Å². The van der Waals surface area contributed by atoms with Crippen LogP contribution < -0.4 is 16.4 Å². The van der Waals surface area contributed by atoms with Crippen LogP contribution in [0.5, 0.6) is 0 Å². The number of aromatic nitrogens is 2. The lowest BCUT2D eigenvalue weighted by Gasteiger charge is -2.21. The maximum atomic E-state index is 13.0. The normalized spacial score (nSPS) is 16.5. The number of hydrogen-bond acceptors (Lipinski definition) is 6. The molecule has 0 radical (unpaired) electrons. The molecule has 4 rings (SSSR count). The highest BCUT2D eigenvalue weighted by molar-refractivity contribution is 7.19. The van der Waals surface area contributed by atoms with Crippen molar-refractivity contribution in [2.75, 3.05) is 11.9 Å². The second-order valence-corrected chi connectivity index (χ2v) is 9.23. The SMILES string of the molecule is CC1CCc2c(sc3ncnc(NC(Cc4ccccc4)C(=O)NCCC(N)=O)c23)C1. The number of benzene rings is 1. The Morgan fingerprint density at radius 1 is 1.26 bits per heavy atom. The van der Waals surface area contributed by atoms with E-state index in [0.717, 1.165) is 35.0 Å². The van der Waals surface area contributed by atoms with Crippen LogP contribution in [0.2, 0.25) is 0 Å². The third-order valence-corrected chi connectivity index (χ3v) is 6.83. The number of amides is 2. The highest BCUT2D eigenvalue weighted by Crippen LogP contribution is 2.39. The number of aryl methyl sites for hydroxylation is 1. The molecule has 2 heterocycles. The Bertz CT molecular complexity index is 1080. The van der Waals surface area contributed by atoms with Crippen LogP contribution in [0.4, 0.5) is 5.82 Å². The average Bonchev–Trinajstić information content (AvgIpc) is 3.12. The van der Waals surface area contributed by atoms with Crippen molar-refractivity contribution in [3.63, 3.8) is 0 Å². The molecule has 0 aliphatic heterocycles. The lowest BCUT2D eigenvalue weighted by atomic mass is 9.89. The molecule has 2 unspecified atom stereocenters. The monoisotopic (exact) mass is 437 g/mol. The van der Waals surface area contributed by atoms with E-state index in [2.05, 4.69) is 27.5 Å². The molecule has 0 saturated carbocycles. The number of nitrogens with two attached hydrogens (primary N) is 1. The van der Waals surface area contributed by atoms with Crippen molar-refractivity contribution in [1.29, 1.82) is 0 Å². The molecule has 4 N–H and O–H groups in total. The minimum absolute atomic E-state index is 0.109. The van der Waals surface area contributed by atoms with E-state index in [-0.39, 0.29) is 18.9 Å². The zero-order chi connectivity index (χ0) is 21.8. The van der Waals surface area contributed by atoms with Gasteiger partial charge in [0.2, 0.25) is 11.8 Å². The second-order valence-electron chi connectivity index (χ2n) is 8.15. The molecule has 1 aliphatic carbocycles. The Hall–Kier alpha value is -3.00. The fraction of sp³-hybridized carbons (Fsp3) is 0.391. The highest BCUT2D eigenvalue weighted by Gasteiger charge is 2.26. The van der Waals surface area contributed by atoms with Gasteiger partial charge in [-0.25, -0.2) is 9.97 Å². The van der Waals surface area contributed by atoms with Crippen molar-refractivity contribution in [2.24, 2.45) is 11.7 Å². The Kier molecular flexibility index (Phi) is 6.46. The number of nitrogens with one attached hydrogen (secondary N) is 2. The van der Waals surface area contributed by atoms with Crippen LogP contribution >= 0.6 is 11.3 Å². The van der Waals surface area contributed by atoms with Crippen LogP contribution in [0.1, 0.15) is 35.8 Å². The topological polar surface area (TPSA) is 110 Å². The summed E-state index contributed by atoms with van der Waals surface area (Å²) in [6.45, 7) is 2.50. The van der Waals surface area contributed by atoms with Gasteiger partial charge >= 0.3 is 0 Å². The molecule has 31 heavy (non-hydrogen) atoms. The first-order valence-electron chi connectivity index (χ1n) is 10.6. The van der Waals surface area contributed by atoms with E-state index in [0.29, 0.717) is 18.2 Å². The first kappa shape index (κ1) is 21.2. The highest BCUT2D eigenvalue weighted by atomic mass is 32.1. The lowest BCUT2D eigenvalue weighted by Crippen LogP contribution is -2.42. The van der Waals surface area contributed by atoms with E-state index < -0.39 is 11.9 Å². The number of fused-ring (bicyclic) bond motifs is 3. The molecule has 2 aromatic heterocycles. The van der Waals surface area contributed by atoms with E-state index in [1.807, 2.05) is 30.3 Å². The average molecular weight is 438 g/mol. The van der Waals surface area contributed by atoms with Gasteiger partial charge in [-0.2, -0.15) is 0 Å². The smallest absolute Gasteiger partial charge is 0.242 e. The molecule has 0 spiro atoms. The maximum absolute atomic E-state index is 13.0. The second kappa shape index (κ2) is 9.43. The van der Waals surface area contributed by atoms with Crippen LogP contribution in [0.25, 0.3) is 10.2 Å². The van der Waals surface area contributed by atoms with Gasteiger partial charge in [0.1, 0.15) is 23.0 Å². The zero-order valence-electron chi connectivity index (χ0n) is 17.6. The molecule has 3 aromatic rings. The summed E-state index contributed by atoms with van der Waals surface area (Å²) in [7, 11) is 0. The first-order chi connectivity index (χ1) is 15.0. The van der Waals surface area contributed by atoms with E-state index in [4.69, 9.17) is 5.73 Å². The molecule has 0 saturated heterocycles. The van der Waals surface area contributed by atoms with Gasteiger partial charge in [0.05, 0.1) is 5.39 Å². The Balaban J connectivity index is 1.62. The number of carbonyl (C=O) groups excluding carboxylic acids is 2. The summed E-state index contributed by atoms with van der Waals surface area (Å²) < 4.78 is 0. The van der Waals surface area contributed by atoms with Gasteiger partial charge in [-0.1, -0.05) is 37.3 Å². The predicted octanol–water partition coefficient (Wildman–Crippen LogP) is 2.83. The predicted molar refractivity (Wildman–Crippen MR) is 123 cm³/mol. The van der Waals surface area contributed by atoms with Crippen molar-refractivity contribution >= 4 is 39.2 Å². The summed E-state index contributed by atoms with van der Waals surface area (Å²) >= 11 is 1.73. The molecule has 1 aliphatic rings. The van der Waals surface area contributed by atoms with Crippen molar-refractivity contribution in [3.05, 3.63) is 52.7 Å². The minimum atomic E-state index is -0.536. The summed E-state index contributed by atoms with van der Waals surface area (Å²) in [5, 5.41) is 7.24. The molecule has 2 amide bonds. The standard InChI is InChI=1S/C23H27N5O2S/c1-14-7-8-16-18(11-14)31-23-20(16)21(26-13-27-23)28-17(12-15-5-3-2-4-6-15)22(30)25-10-9-19(24)29/h2-6,13-14,17H,7-12H2,1H3,(H2,24,29)(H,25,30)(H,26,27,28). The number of primary amides is 1. The summed E-state index contributed by atoms with van der Waals surface area (Å²) in [6.07, 6.45) is 5.38. The first-order valence-corrected chi connectivity index (χ1v) is 11.4. The Labute approximate surface area is 185 Å². The van der Waals surface area contributed by atoms with E-state index >= 15 is 0 Å². The largest absolute Gasteiger partial charge is 0.370 e. The summed E-state index contributed by atoms with van der Waals surface area (Å²) in [6, 6.07) is 9.31. The fourth-order valence-corrected chi connectivity index (χ4v) is 5.39. The third kappa shape index (κ3) is 5.02. The quantitative estimate of drug-likeness (QED) is 0.502. The molecule has 0 fully saturated rings. The van der Waals surface area contributed by atoms with Crippen LogP contribution in [-0.2, 0) is 28.9 Å². The van der Waals surface area contributed by atoms with Gasteiger partial charge in [0.15, 0.2) is 0 Å². The van der Waals surface area contributed by atoms with Gasteiger partial charge in [0, 0.05) is 24.3 Å². The molecular formula is C23H27N5O2S. The van der Waals surface area contributed by atoms with Crippen molar-refractivity contribution in [1.82, 2.24) is 15.3 Å². The minimum Gasteiger partial charge on any atom is -0.370 e. The number of thiophene rings is 1. The number of hydrogen-bond donors (Lipinski definition) is 3. The molecule has 162 valence electrons. The Morgan fingerprint density at radius 2 is 2.06 bits per heavy atom. The van der Waals surface area contributed by atoms with Crippen molar-refractivity contribution in [2.45, 2.75) is 45.1 Å². The maximum Gasteiger partial charge on any atom is 0.242 e. The van der Waals surface area contributed by atoms with Gasteiger partial charge in [-0.05, 0) is 36.3 Å². The zero-order valence-corrected chi connectivity index (χ0v) is 18.4. The fourth-order valence-electron chi connectivity index (χ4n) is 4.04. The van der Waals surface area contributed by atoms with Crippen LogP contribution in [0.3, 0.4) is 0 Å². The number of carbonyl (C=O) groups is 2. The van der Waals surface area contributed by atoms with Crippen molar-refractivity contribution in [3.8, 4) is 0 Å². The molecule has 7 nitrogen and oxygen atoms in total. The molecule has 0 bridgehead atoms.